The van der Waals surface area contributed by atoms with Crippen LogP contribution in [0.1, 0.15) is 12.8 Å². The number of alkyl halides is 1. The lowest BCUT2D eigenvalue weighted by Crippen LogP contribution is -2.42. The average molecular weight is 249 g/mol. The number of halogens is 1. The highest BCUT2D eigenvalue weighted by molar-refractivity contribution is 6.28. The number of ketones is 1. The lowest BCUT2D eigenvalue weighted by atomic mass is 9.96. The number of hydrogen-bond acceptors (Lipinski definition) is 3. The Labute approximate surface area is 97.3 Å². The number of Topliss-reactive ketones (excluding diaryl/α,β-unsaturated/α-hetero) is 1. The SMILES string of the molecule is O=C(O)N[C@@H](C[C@@H]1CCNC1=O)C(=O)CCl. The third-order valence-corrected chi connectivity index (χ3v) is 2.76. The van der Waals surface area contributed by atoms with Gasteiger partial charge in [-0.05, 0) is 12.8 Å². The van der Waals surface area contributed by atoms with E-state index in [-0.39, 0.29) is 24.1 Å². The zero-order chi connectivity index (χ0) is 12.1. The molecular weight excluding hydrogens is 236 g/mol. The molecule has 16 heavy (non-hydrogen) atoms. The highest BCUT2D eigenvalue weighted by atomic mass is 35.5. The summed E-state index contributed by atoms with van der Waals surface area (Å²) in [6.07, 6.45) is -0.502. The highest BCUT2D eigenvalue weighted by Gasteiger charge is 2.30. The van der Waals surface area contributed by atoms with E-state index < -0.39 is 17.9 Å². The fraction of sp³-hybridized carbons (Fsp3) is 0.667. The normalized spacial score (nSPS) is 21.3. The molecule has 0 aliphatic carbocycles. The van der Waals surface area contributed by atoms with E-state index in [1.165, 1.54) is 0 Å². The van der Waals surface area contributed by atoms with E-state index in [1.807, 2.05) is 0 Å². The molecule has 0 aromatic rings. The van der Waals surface area contributed by atoms with Gasteiger partial charge in [-0.15, -0.1) is 11.6 Å². The van der Waals surface area contributed by atoms with Crippen molar-refractivity contribution in [2.24, 2.45) is 5.92 Å². The van der Waals surface area contributed by atoms with Crippen molar-refractivity contribution in [2.75, 3.05) is 12.4 Å². The number of nitrogens with one attached hydrogen (secondary N) is 2. The molecule has 3 N–H and O–H groups in total. The molecule has 2 amide bonds. The minimum absolute atomic E-state index is 0.139. The van der Waals surface area contributed by atoms with Crippen LogP contribution in [0.25, 0.3) is 0 Å². The number of carbonyl (C=O) groups excluding carboxylic acids is 2. The molecule has 1 heterocycles. The number of hydrogen-bond donors (Lipinski definition) is 3. The summed E-state index contributed by atoms with van der Waals surface area (Å²) in [5.74, 6) is -1.13. The maximum Gasteiger partial charge on any atom is 0.405 e. The van der Waals surface area contributed by atoms with Crippen molar-refractivity contribution in [1.82, 2.24) is 10.6 Å². The standard InChI is InChI=1S/C9H13ClN2O4/c10-4-7(13)6(12-9(15)16)3-5-1-2-11-8(5)14/h5-6,12H,1-4H2,(H,11,14)(H,15,16)/t5-,6-/m0/s1. The van der Waals surface area contributed by atoms with E-state index in [1.54, 1.807) is 0 Å². The summed E-state index contributed by atoms with van der Waals surface area (Å²) in [5.41, 5.74) is 0. The quantitative estimate of drug-likeness (QED) is 0.595. The van der Waals surface area contributed by atoms with Gasteiger partial charge >= 0.3 is 6.09 Å². The summed E-state index contributed by atoms with van der Waals surface area (Å²) in [4.78, 5) is 33.1. The number of amides is 2. The van der Waals surface area contributed by atoms with E-state index in [0.717, 1.165) is 0 Å². The molecule has 90 valence electrons. The Morgan fingerprint density at radius 1 is 1.62 bits per heavy atom. The molecule has 1 rings (SSSR count). The molecule has 0 bridgehead atoms. The van der Waals surface area contributed by atoms with Gasteiger partial charge in [0.15, 0.2) is 5.78 Å². The van der Waals surface area contributed by atoms with Gasteiger partial charge in [-0.1, -0.05) is 0 Å². The second kappa shape index (κ2) is 5.69. The van der Waals surface area contributed by atoms with Crippen LogP contribution in [0.3, 0.4) is 0 Å². The van der Waals surface area contributed by atoms with Crippen molar-refractivity contribution in [3.8, 4) is 0 Å². The maximum atomic E-state index is 11.4. The number of carbonyl (C=O) groups is 3. The molecule has 0 spiro atoms. The number of rotatable bonds is 5. The van der Waals surface area contributed by atoms with Crippen LogP contribution >= 0.6 is 11.6 Å². The van der Waals surface area contributed by atoms with Crippen LogP contribution in [0.5, 0.6) is 0 Å². The molecule has 1 aliphatic heterocycles. The van der Waals surface area contributed by atoms with Crippen molar-refractivity contribution >= 4 is 29.4 Å². The molecule has 0 aromatic carbocycles. The van der Waals surface area contributed by atoms with E-state index in [4.69, 9.17) is 16.7 Å². The predicted octanol–water partition coefficient (Wildman–Crippen LogP) is -0.0433. The second-order valence-corrected chi connectivity index (χ2v) is 3.88. The maximum absolute atomic E-state index is 11.4. The van der Waals surface area contributed by atoms with Gasteiger partial charge in [0.25, 0.3) is 0 Å². The summed E-state index contributed by atoms with van der Waals surface area (Å²) in [5, 5.41) is 13.3. The zero-order valence-electron chi connectivity index (χ0n) is 8.53. The van der Waals surface area contributed by atoms with Crippen LogP contribution in [-0.2, 0) is 9.59 Å². The van der Waals surface area contributed by atoms with Crippen LogP contribution in [-0.4, -0.2) is 41.4 Å². The summed E-state index contributed by atoms with van der Waals surface area (Å²) < 4.78 is 0. The van der Waals surface area contributed by atoms with Crippen LogP contribution in [0.4, 0.5) is 4.79 Å². The highest BCUT2D eigenvalue weighted by Crippen LogP contribution is 2.16. The first-order valence-electron chi connectivity index (χ1n) is 4.90. The van der Waals surface area contributed by atoms with Gasteiger partial charge in [0.1, 0.15) is 0 Å². The van der Waals surface area contributed by atoms with Crippen molar-refractivity contribution in [3.63, 3.8) is 0 Å². The molecule has 1 fully saturated rings. The fourth-order valence-electron chi connectivity index (χ4n) is 1.67. The third kappa shape index (κ3) is 3.37. The van der Waals surface area contributed by atoms with Crippen LogP contribution in [0.2, 0.25) is 0 Å². The van der Waals surface area contributed by atoms with Gasteiger partial charge in [0.2, 0.25) is 5.91 Å². The van der Waals surface area contributed by atoms with Gasteiger partial charge in [0.05, 0.1) is 11.9 Å². The van der Waals surface area contributed by atoms with Gasteiger partial charge in [-0.2, -0.15) is 0 Å². The second-order valence-electron chi connectivity index (χ2n) is 3.61. The monoisotopic (exact) mass is 248 g/mol. The van der Waals surface area contributed by atoms with Gasteiger partial charge < -0.3 is 15.7 Å². The third-order valence-electron chi connectivity index (χ3n) is 2.50. The molecule has 0 radical (unpaired) electrons. The van der Waals surface area contributed by atoms with Crippen molar-refractivity contribution in [3.05, 3.63) is 0 Å². The first-order valence-corrected chi connectivity index (χ1v) is 5.44. The molecule has 1 saturated heterocycles. The molecule has 0 aromatic heterocycles. The van der Waals surface area contributed by atoms with Gasteiger partial charge in [-0.25, -0.2) is 4.79 Å². The first-order chi connectivity index (χ1) is 7.54. The van der Waals surface area contributed by atoms with E-state index in [2.05, 4.69) is 10.6 Å². The van der Waals surface area contributed by atoms with Crippen LogP contribution < -0.4 is 10.6 Å². The van der Waals surface area contributed by atoms with E-state index >= 15 is 0 Å². The lowest BCUT2D eigenvalue weighted by molar-refractivity contribution is -0.123. The van der Waals surface area contributed by atoms with Crippen LogP contribution in [0.15, 0.2) is 0 Å². The Balaban J connectivity index is 2.58. The van der Waals surface area contributed by atoms with Crippen LogP contribution in [0, 0.1) is 5.92 Å². The van der Waals surface area contributed by atoms with Gasteiger partial charge in [-0.3, -0.25) is 9.59 Å². The molecule has 1 aliphatic rings. The molecule has 6 nitrogen and oxygen atoms in total. The summed E-state index contributed by atoms with van der Waals surface area (Å²) in [6, 6.07) is -0.899. The lowest BCUT2D eigenvalue weighted by Gasteiger charge is -2.17. The van der Waals surface area contributed by atoms with Crippen molar-refractivity contribution < 1.29 is 19.5 Å². The average Bonchev–Trinajstić information content (AvgIpc) is 2.61. The fourth-order valence-corrected chi connectivity index (χ4v) is 1.85. The Morgan fingerprint density at radius 3 is 2.75 bits per heavy atom. The Morgan fingerprint density at radius 2 is 2.31 bits per heavy atom. The smallest absolute Gasteiger partial charge is 0.405 e. The zero-order valence-corrected chi connectivity index (χ0v) is 9.29. The Kier molecular flexibility index (Phi) is 4.54. The van der Waals surface area contributed by atoms with Crippen molar-refractivity contribution in [2.45, 2.75) is 18.9 Å². The van der Waals surface area contributed by atoms with E-state index in [0.29, 0.717) is 13.0 Å². The minimum Gasteiger partial charge on any atom is -0.465 e. The first kappa shape index (κ1) is 12.8. The summed E-state index contributed by atoms with van der Waals surface area (Å²) in [7, 11) is 0. The molecule has 0 saturated carbocycles. The Hall–Kier alpha value is -1.30. The largest absolute Gasteiger partial charge is 0.465 e. The van der Waals surface area contributed by atoms with Crippen molar-refractivity contribution in [1.29, 1.82) is 0 Å². The molecule has 0 unspecified atom stereocenters. The predicted molar refractivity (Wildman–Crippen MR) is 56.4 cm³/mol. The van der Waals surface area contributed by atoms with E-state index in [9.17, 15) is 14.4 Å². The Bertz CT molecular complexity index is 308. The molecular formula is C9H13ClN2O4. The molecule has 7 heteroatoms. The topological polar surface area (TPSA) is 95.5 Å². The minimum atomic E-state index is -1.29. The number of carboxylic acid groups (broad SMARTS) is 1. The van der Waals surface area contributed by atoms with Gasteiger partial charge in [0, 0.05) is 12.5 Å². The summed E-state index contributed by atoms with van der Waals surface area (Å²) in [6.45, 7) is 0.568. The summed E-state index contributed by atoms with van der Waals surface area (Å²) >= 11 is 5.37. The molecule has 2 atom stereocenters.